The standard InChI is InChI=1S/C14H11F3N2O/c1-9-8-12(20)6-7-13(9)19-18-11-4-2-10(3-5-11)14(15,16)17/h2-8,20H,1H3. The molecule has 0 aliphatic rings. The molecule has 2 rings (SSSR count). The lowest BCUT2D eigenvalue weighted by Crippen LogP contribution is -2.03. The van der Waals surface area contributed by atoms with E-state index in [2.05, 4.69) is 10.2 Å². The molecule has 3 nitrogen and oxygen atoms in total. The van der Waals surface area contributed by atoms with Crippen LogP contribution in [0.1, 0.15) is 11.1 Å². The molecule has 0 aliphatic heterocycles. The van der Waals surface area contributed by atoms with Gasteiger partial charge in [-0.2, -0.15) is 23.4 Å². The summed E-state index contributed by atoms with van der Waals surface area (Å²) in [6.07, 6.45) is -4.36. The first-order chi connectivity index (χ1) is 9.36. The van der Waals surface area contributed by atoms with Gasteiger partial charge in [0.1, 0.15) is 5.75 Å². The molecule has 0 fully saturated rings. The second-order valence-electron chi connectivity index (χ2n) is 4.22. The van der Waals surface area contributed by atoms with Crippen LogP contribution >= 0.6 is 0 Å². The zero-order valence-electron chi connectivity index (χ0n) is 10.5. The first kappa shape index (κ1) is 14.0. The van der Waals surface area contributed by atoms with Crippen LogP contribution in [0, 0.1) is 6.92 Å². The van der Waals surface area contributed by atoms with Crippen LogP contribution in [0.5, 0.6) is 5.75 Å². The van der Waals surface area contributed by atoms with Gasteiger partial charge in [-0.1, -0.05) is 0 Å². The fourth-order valence-corrected chi connectivity index (χ4v) is 1.58. The van der Waals surface area contributed by atoms with Gasteiger partial charge in [0.05, 0.1) is 16.9 Å². The van der Waals surface area contributed by atoms with Crippen molar-refractivity contribution in [3.8, 4) is 5.75 Å². The van der Waals surface area contributed by atoms with Crippen LogP contribution in [0.25, 0.3) is 0 Å². The van der Waals surface area contributed by atoms with Crippen molar-refractivity contribution in [2.24, 2.45) is 10.2 Å². The number of azo groups is 1. The topological polar surface area (TPSA) is 45.0 Å². The van der Waals surface area contributed by atoms with Gasteiger partial charge in [0.2, 0.25) is 0 Å². The maximum absolute atomic E-state index is 12.4. The summed E-state index contributed by atoms with van der Waals surface area (Å²) in [6, 6.07) is 8.99. The van der Waals surface area contributed by atoms with Gasteiger partial charge in [0, 0.05) is 0 Å². The molecule has 104 valence electrons. The SMILES string of the molecule is Cc1cc(O)ccc1N=Nc1ccc(C(F)(F)F)cc1. The third kappa shape index (κ3) is 3.34. The smallest absolute Gasteiger partial charge is 0.416 e. The zero-order chi connectivity index (χ0) is 14.8. The van der Waals surface area contributed by atoms with Crippen molar-refractivity contribution in [1.82, 2.24) is 0 Å². The van der Waals surface area contributed by atoms with E-state index in [9.17, 15) is 18.3 Å². The molecule has 0 heterocycles. The Labute approximate surface area is 113 Å². The van der Waals surface area contributed by atoms with Gasteiger partial charge in [-0.05, 0) is 55.0 Å². The van der Waals surface area contributed by atoms with E-state index in [1.165, 1.54) is 24.3 Å². The van der Waals surface area contributed by atoms with Crippen LogP contribution < -0.4 is 0 Å². The van der Waals surface area contributed by atoms with Gasteiger partial charge in [-0.25, -0.2) is 0 Å². The molecule has 0 atom stereocenters. The summed E-state index contributed by atoms with van der Waals surface area (Å²) in [4.78, 5) is 0. The van der Waals surface area contributed by atoms with E-state index in [1.807, 2.05) is 0 Å². The van der Waals surface area contributed by atoms with Gasteiger partial charge in [0.25, 0.3) is 0 Å². The van der Waals surface area contributed by atoms with Crippen LogP contribution in [0.15, 0.2) is 52.7 Å². The van der Waals surface area contributed by atoms with Crippen LogP contribution in [-0.2, 0) is 6.18 Å². The van der Waals surface area contributed by atoms with Crippen molar-refractivity contribution < 1.29 is 18.3 Å². The molecule has 0 spiro atoms. The Bertz CT molecular complexity index is 634. The molecule has 0 radical (unpaired) electrons. The van der Waals surface area contributed by atoms with Crippen molar-refractivity contribution in [2.45, 2.75) is 13.1 Å². The quantitative estimate of drug-likeness (QED) is 0.761. The molecule has 6 heteroatoms. The van der Waals surface area contributed by atoms with Crippen molar-refractivity contribution in [3.05, 3.63) is 53.6 Å². The second-order valence-corrected chi connectivity index (χ2v) is 4.22. The highest BCUT2D eigenvalue weighted by atomic mass is 19.4. The average molecular weight is 280 g/mol. The van der Waals surface area contributed by atoms with Gasteiger partial charge < -0.3 is 5.11 Å². The van der Waals surface area contributed by atoms with Gasteiger partial charge in [-0.15, -0.1) is 0 Å². The normalized spacial score (nSPS) is 12.0. The molecule has 20 heavy (non-hydrogen) atoms. The molecule has 0 unspecified atom stereocenters. The molecule has 0 bridgehead atoms. The molecule has 0 aliphatic carbocycles. The number of benzene rings is 2. The Morgan fingerprint density at radius 2 is 1.60 bits per heavy atom. The molecule has 2 aromatic rings. The largest absolute Gasteiger partial charge is 0.508 e. The van der Waals surface area contributed by atoms with Crippen molar-refractivity contribution in [3.63, 3.8) is 0 Å². The van der Waals surface area contributed by atoms with E-state index >= 15 is 0 Å². The van der Waals surface area contributed by atoms with Crippen LogP contribution in [0.2, 0.25) is 0 Å². The van der Waals surface area contributed by atoms with E-state index < -0.39 is 11.7 Å². The third-order valence-corrected chi connectivity index (χ3v) is 2.65. The lowest BCUT2D eigenvalue weighted by atomic mass is 10.2. The lowest BCUT2D eigenvalue weighted by molar-refractivity contribution is -0.137. The number of hydrogen-bond donors (Lipinski definition) is 1. The number of phenolic OH excluding ortho intramolecular Hbond substituents is 1. The molecule has 0 aromatic heterocycles. The number of aromatic hydroxyl groups is 1. The molecule has 0 amide bonds. The predicted molar refractivity (Wildman–Crippen MR) is 68.5 cm³/mol. The Balaban J connectivity index is 2.19. The van der Waals surface area contributed by atoms with E-state index in [4.69, 9.17) is 0 Å². The van der Waals surface area contributed by atoms with E-state index in [-0.39, 0.29) is 5.75 Å². The summed E-state index contributed by atoms with van der Waals surface area (Å²) < 4.78 is 37.2. The molecular formula is C14H11F3N2O. The monoisotopic (exact) mass is 280 g/mol. The van der Waals surface area contributed by atoms with Crippen LogP contribution in [0.3, 0.4) is 0 Å². The van der Waals surface area contributed by atoms with Crippen molar-refractivity contribution in [1.29, 1.82) is 0 Å². The van der Waals surface area contributed by atoms with Gasteiger partial charge in [-0.3, -0.25) is 0 Å². The van der Waals surface area contributed by atoms with Gasteiger partial charge in [0.15, 0.2) is 0 Å². The summed E-state index contributed by atoms with van der Waals surface area (Å²) in [5, 5.41) is 17.1. The molecule has 0 saturated heterocycles. The fourth-order valence-electron chi connectivity index (χ4n) is 1.58. The Morgan fingerprint density at radius 1 is 0.950 bits per heavy atom. The summed E-state index contributed by atoms with van der Waals surface area (Å²) in [7, 11) is 0. The number of aryl methyl sites for hydroxylation is 1. The minimum absolute atomic E-state index is 0.121. The summed E-state index contributed by atoms with van der Waals surface area (Å²) in [5.74, 6) is 0.121. The van der Waals surface area contributed by atoms with Gasteiger partial charge >= 0.3 is 6.18 Å². The maximum Gasteiger partial charge on any atom is 0.416 e. The number of nitrogens with zero attached hydrogens (tertiary/aromatic N) is 2. The Morgan fingerprint density at radius 3 is 2.15 bits per heavy atom. The second kappa shape index (κ2) is 5.32. The van der Waals surface area contributed by atoms with Crippen molar-refractivity contribution in [2.75, 3.05) is 0 Å². The molecular weight excluding hydrogens is 269 g/mol. The fraction of sp³-hybridized carbons (Fsp3) is 0.143. The number of phenols is 1. The first-order valence-electron chi connectivity index (χ1n) is 5.75. The van der Waals surface area contributed by atoms with E-state index in [0.717, 1.165) is 17.7 Å². The highest BCUT2D eigenvalue weighted by molar-refractivity contribution is 5.49. The lowest BCUT2D eigenvalue weighted by Gasteiger charge is -2.05. The number of alkyl halides is 3. The summed E-state index contributed by atoms with van der Waals surface area (Å²) >= 11 is 0. The third-order valence-electron chi connectivity index (χ3n) is 2.65. The average Bonchev–Trinajstić information content (AvgIpc) is 2.37. The Hall–Kier alpha value is -2.37. The van der Waals surface area contributed by atoms with E-state index in [1.54, 1.807) is 13.0 Å². The molecule has 2 aromatic carbocycles. The number of rotatable bonds is 2. The Kier molecular flexibility index (Phi) is 3.74. The molecule has 1 N–H and O–H groups in total. The number of hydrogen-bond acceptors (Lipinski definition) is 3. The summed E-state index contributed by atoms with van der Waals surface area (Å²) in [6.45, 7) is 1.75. The summed E-state index contributed by atoms with van der Waals surface area (Å²) in [5.41, 5.74) is 0.867. The minimum Gasteiger partial charge on any atom is -0.508 e. The maximum atomic E-state index is 12.4. The minimum atomic E-state index is -4.36. The zero-order valence-corrected chi connectivity index (χ0v) is 10.5. The van der Waals surface area contributed by atoms with Crippen LogP contribution in [0.4, 0.5) is 24.5 Å². The number of halogens is 3. The first-order valence-corrected chi connectivity index (χ1v) is 5.75. The van der Waals surface area contributed by atoms with E-state index in [0.29, 0.717) is 11.4 Å². The van der Waals surface area contributed by atoms with Crippen molar-refractivity contribution >= 4 is 11.4 Å². The van der Waals surface area contributed by atoms with Crippen LogP contribution in [-0.4, -0.2) is 5.11 Å². The highest BCUT2D eigenvalue weighted by Crippen LogP contribution is 2.31. The molecule has 0 saturated carbocycles. The predicted octanol–water partition coefficient (Wildman–Crippen LogP) is 5.13. The highest BCUT2D eigenvalue weighted by Gasteiger charge is 2.29.